The van der Waals surface area contributed by atoms with Crippen molar-refractivity contribution in [2.75, 3.05) is 6.61 Å². The van der Waals surface area contributed by atoms with E-state index in [2.05, 4.69) is 24.3 Å². The number of aryl methyl sites for hydroxylation is 2. The molecular formula is C18H20O2. The lowest BCUT2D eigenvalue weighted by molar-refractivity contribution is 0.111. The molecule has 0 aliphatic carbocycles. The Kier molecular flexibility index (Phi) is 5.36. The minimum Gasteiger partial charge on any atom is -0.493 e. The average Bonchev–Trinajstić information content (AvgIpc) is 2.49. The van der Waals surface area contributed by atoms with E-state index in [0.717, 1.165) is 36.9 Å². The molecule has 0 spiro atoms. The van der Waals surface area contributed by atoms with Crippen molar-refractivity contribution in [2.45, 2.75) is 26.2 Å². The number of unbranched alkanes of at least 4 members (excludes halogenated alkanes) is 1. The van der Waals surface area contributed by atoms with E-state index < -0.39 is 0 Å². The normalized spacial score (nSPS) is 10.2. The molecule has 2 heteroatoms. The maximum absolute atomic E-state index is 11.0. The van der Waals surface area contributed by atoms with Gasteiger partial charge in [0.25, 0.3) is 0 Å². The maximum Gasteiger partial charge on any atom is 0.153 e. The van der Waals surface area contributed by atoms with Crippen molar-refractivity contribution in [3.63, 3.8) is 0 Å². The summed E-state index contributed by atoms with van der Waals surface area (Å²) in [5.41, 5.74) is 3.00. The van der Waals surface area contributed by atoms with Crippen LogP contribution in [-0.2, 0) is 6.42 Å². The van der Waals surface area contributed by atoms with Crippen molar-refractivity contribution < 1.29 is 9.53 Å². The Balaban J connectivity index is 1.78. The molecule has 20 heavy (non-hydrogen) atoms. The summed E-state index contributed by atoms with van der Waals surface area (Å²) < 4.78 is 5.77. The van der Waals surface area contributed by atoms with E-state index >= 15 is 0 Å². The molecule has 0 N–H and O–H groups in total. The van der Waals surface area contributed by atoms with Crippen molar-refractivity contribution in [1.82, 2.24) is 0 Å². The number of hydrogen-bond acceptors (Lipinski definition) is 2. The van der Waals surface area contributed by atoms with E-state index in [1.807, 2.05) is 25.1 Å². The van der Waals surface area contributed by atoms with E-state index in [1.165, 1.54) is 5.56 Å². The van der Waals surface area contributed by atoms with Crippen molar-refractivity contribution >= 4 is 6.29 Å². The molecule has 0 saturated carbocycles. The van der Waals surface area contributed by atoms with Gasteiger partial charge in [-0.25, -0.2) is 0 Å². The highest BCUT2D eigenvalue weighted by molar-refractivity contribution is 5.80. The third-order valence-electron chi connectivity index (χ3n) is 3.32. The lowest BCUT2D eigenvalue weighted by atomic mass is 10.1. The molecule has 0 saturated heterocycles. The predicted molar refractivity (Wildman–Crippen MR) is 81.4 cm³/mol. The minimum absolute atomic E-state index is 0.632. The predicted octanol–water partition coefficient (Wildman–Crippen LogP) is 4.21. The van der Waals surface area contributed by atoms with Gasteiger partial charge in [0, 0.05) is 0 Å². The van der Waals surface area contributed by atoms with Crippen LogP contribution in [0.15, 0.2) is 48.5 Å². The van der Waals surface area contributed by atoms with Gasteiger partial charge in [0.05, 0.1) is 12.2 Å². The number of carbonyl (C=O) groups is 1. The highest BCUT2D eigenvalue weighted by atomic mass is 16.5. The first-order valence-electron chi connectivity index (χ1n) is 7.03. The highest BCUT2D eigenvalue weighted by Crippen LogP contribution is 2.22. The Morgan fingerprint density at radius 3 is 2.55 bits per heavy atom. The van der Waals surface area contributed by atoms with Crippen LogP contribution in [0.2, 0.25) is 0 Å². The van der Waals surface area contributed by atoms with Crippen LogP contribution in [0.1, 0.15) is 34.3 Å². The zero-order valence-corrected chi connectivity index (χ0v) is 11.8. The monoisotopic (exact) mass is 268 g/mol. The molecule has 2 rings (SSSR count). The number of aldehydes is 1. The standard InChI is InChI=1S/C18H20O2/c1-15-8-7-12-17(14-19)18(15)20-13-6-5-11-16-9-3-2-4-10-16/h2-4,7-10,12,14H,5-6,11,13H2,1H3. The van der Waals surface area contributed by atoms with Crippen molar-refractivity contribution in [3.05, 3.63) is 65.2 Å². The SMILES string of the molecule is Cc1cccc(C=O)c1OCCCCc1ccccc1. The Morgan fingerprint density at radius 1 is 1.00 bits per heavy atom. The molecule has 0 radical (unpaired) electrons. The second kappa shape index (κ2) is 7.49. The Hall–Kier alpha value is -2.09. The molecule has 2 nitrogen and oxygen atoms in total. The Bertz CT molecular complexity index is 547. The molecule has 0 aliphatic heterocycles. The largest absolute Gasteiger partial charge is 0.493 e. The van der Waals surface area contributed by atoms with E-state index in [0.29, 0.717) is 12.2 Å². The summed E-state index contributed by atoms with van der Waals surface area (Å²) in [6.45, 7) is 2.62. The third-order valence-corrected chi connectivity index (χ3v) is 3.32. The molecule has 0 fully saturated rings. The summed E-state index contributed by atoms with van der Waals surface area (Å²) in [6, 6.07) is 16.1. The van der Waals surface area contributed by atoms with Gasteiger partial charge in [0.1, 0.15) is 5.75 Å². The van der Waals surface area contributed by atoms with Gasteiger partial charge in [0.2, 0.25) is 0 Å². The van der Waals surface area contributed by atoms with Crippen LogP contribution in [0.4, 0.5) is 0 Å². The van der Waals surface area contributed by atoms with Gasteiger partial charge in [-0.2, -0.15) is 0 Å². The van der Waals surface area contributed by atoms with Gasteiger partial charge in [-0.15, -0.1) is 0 Å². The van der Waals surface area contributed by atoms with Gasteiger partial charge in [-0.3, -0.25) is 4.79 Å². The molecular weight excluding hydrogens is 248 g/mol. The number of rotatable bonds is 7. The van der Waals surface area contributed by atoms with Gasteiger partial charge in [-0.1, -0.05) is 42.5 Å². The molecule has 0 aliphatic rings. The highest BCUT2D eigenvalue weighted by Gasteiger charge is 2.05. The van der Waals surface area contributed by atoms with Crippen LogP contribution in [0.5, 0.6) is 5.75 Å². The van der Waals surface area contributed by atoms with Gasteiger partial charge in [-0.05, 0) is 43.4 Å². The summed E-state index contributed by atoms with van der Waals surface area (Å²) in [6.07, 6.45) is 4.00. The van der Waals surface area contributed by atoms with E-state index in [1.54, 1.807) is 6.07 Å². The Morgan fingerprint density at radius 2 is 1.80 bits per heavy atom. The van der Waals surface area contributed by atoms with Gasteiger partial charge in [0.15, 0.2) is 6.29 Å². The molecule has 0 amide bonds. The summed E-state index contributed by atoms with van der Waals surface area (Å²) in [4.78, 5) is 11.0. The fraction of sp³-hybridized carbons (Fsp3) is 0.278. The zero-order valence-electron chi connectivity index (χ0n) is 11.8. The first-order valence-corrected chi connectivity index (χ1v) is 7.03. The van der Waals surface area contributed by atoms with Crippen molar-refractivity contribution in [2.24, 2.45) is 0 Å². The van der Waals surface area contributed by atoms with Crippen molar-refractivity contribution in [3.8, 4) is 5.75 Å². The van der Waals surface area contributed by atoms with Crippen LogP contribution in [0, 0.1) is 6.92 Å². The molecule has 0 aromatic heterocycles. The number of ether oxygens (including phenoxy) is 1. The average molecular weight is 268 g/mol. The van der Waals surface area contributed by atoms with Crippen molar-refractivity contribution in [1.29, 1.82) is 0 Å². The Labute approximate surface area is 120 Å². The smallest absolute Gasteiger partial charge is 0.153 e. The van der Waals surface area contributed by atoms with Crippen LogP contribution < -0.4 is 4.74 Å². The van der Waals surface area contributed by atoms with Gasteiger partial charge >= 0.3 is 0 Å². The first-order chi connectivity index (χ1) is 9.81. The molecule has 2 aromatic carbocycles. The minimum atomic E-state index is 0.632. The van der Waals surface area contributed by atoms with Gasteiger partial charge < -0.3 is 4.74 Å². The zero-order chi connectivity index (χ0) is 14.2. The summed E-state index contributed by atoms with van der Waals surface area (Å²) >= 11 is 0. The lowest BCUT2D eigenvalue weighted by Crippen LogP contribution is -2.02. The molecule has 0 bridgehead atoms. The maximum atomic E-state index is 11.0. The fourth-order valence-electron chi connectivity index (χ4n) is 2.22. The topological polar surface area (TPSA) is 26.3 Å². The summed E-state index contributed by atoms with van der Waals surface area (Å²) in [5, 5.41) is 0. The first kappa shape index (κ1) is 14.3. The van der Waals surface area contributed by atoms with Crippen LogP contribution in [0.3, 0.4) is 0 Å². The fourth-order valence-corrected chi connectivity index (χ4v) is 2.22. The summed E-state index contributed by atoms with van der Waals surface area (Å²) in [7, 11) is 0. The molecule has 2 aromatic rings. The quantitative estimate of drug-likeness (QED) is 0.555. The molecule has 0 atom stereocenters. The number of hydrogen-bond donors (Lipinski definition) is 0. The second-order valence-electron chi connectivity index (χ2n) is 4.90. The number of para-hydroxylation sites is 1. The molecule has 0 heterocycles. The number of carbonyl (C=O) groups excluding carboxylic acids is 1. The van der Waals surface area contributed by atoms with Crippen LogP contribution >= 0.6 is 0 Å². The number of benzene rings is 2. The lowest BCUT2D eigenvalue weighted by Gasteiger charge is -2.11. The third kappa shape index (κ3) is 3.95. The van der Waals surface area contributed by atoms with E-state index in [9.17, 15) is 4.79 Å². The second-order valence-corrected chi connectivity index (χ2v) is 4.90. The molecule has 0 unspecified atom stereocenters. The van der Waals surface area contributed by atoms with Crippen LogP contribution in [-0.4, -0.2) is 12.9 Å². The summed E-state index contributed by atoms with van der Waals surface area (Å²) in [5.74, 6) is 0.724. The van der Waals surface area contributed by atoms with Crippen LogP contribution in [0.25, 0.3) is 0 Å². The van der Waals surface area contributed by atoms with E-state index in [4.69, 9.17) is 4.74 Å². The van der Waals surface area contributed by atoms with E-state index in [-0.39, 0.29) is 0 Å². The molecule has 104 valence electrons.